The summed E-state index contributed by atoms with van der Waals surface area (Å²) in [5, 5.41) is 3.36. The van der Waals surface area contributed by atoms with E-state index in [1.165, 1.54) is 6.07 Å². The van der Waals surface area contributed by atoms with Gasteiger partial charge in [-0.1, -0.05) is 19.1 Å². The summed E-state index contributed by atoms with van der Waals surface area (Å²) in [6.45, 7) is 2.82. The number of benzene rings is 1. The minimum Gasteiger partial charge on any atom is -0.310 e. The minimum atomic E-state index is -0.181. The number of halogens is 2. The van der Waals surface area contributed by atoms with E-state index >= 15 is 0 Å². The molecule has 0 aromatic heterocycles. The van der Waals surface area contributed by atoms with Gasteiger partial charge >= 0.3 is 0 Å². The molecule has 0 radical (unpaired) electrons. The van der Waals surface area contributed by atoms with Crippen molar-refractivity contribution in [3.63, 3.8) is 0 Å². The van der Waals surface area contributed by atoms with Crippen LogP contribution in [0.3, 0.4) is 0 Å². The largest absolute Gasteiger partial charge is 0.310 e. The SMILES string of the molecule is CCC(CCCl)NCc1cccc(F)c1. The highest BCUT2D eigenvalue weighted by Gasteiger charge is 2.04. The molecule has 0 saturated heterocycles. The van der Waals surface area contributed by atoms with Crippen molar-refractivity contribution in [2.75, 3.05) is 5.88 Å². The van der Waals surface area contributed by atoms with Crippen molar-refractivity contribution in [3.05, 3.63) is 35.6 Å². The minimum absolute atomic E-state index is 0.181. The first-order chi connectivity index (χ1) is 7.26. The number of hydrogen-bond acceptors (Lipinski definition) is 1. The Bertz CT molecular complexity index is 291. The second-order valence-corrected chi connectivity index (χ2v) is 3.97. The fourth-order valence-electron chi connectivity index (χ4n) is 1.49. The van der Waals surface area contributed by atoms with E-state index in [2.05, 4.69) is 12.2 Å². The van der Waals surface area contributed by atoms with Crippen LogP contribution in [0.2, 0.25) is 0 Å². The van der Waals surface area contributed by atoms with Gasteiger partial charge in [-0.25, -0.2) is 4.39 Å². The molecule has 0 aliphatic carbocycles. The Morgan fingerprint density at radius 2 is 2.27 bits per heavy atom. The van der Waals surface area contributed by atoms with Crippen LogP contribution in [-0.4, -0.2) is 11.9 Å². The van der Waals surface area contributed by atoms with Crippen LogP contribution >= 0.6 is 11.6 Å². The molecule has 0 bridgehead atoms. The van der Waals surface area contributed by atoms with Gasteiger partial charge in [-0.3, -0.25) is 0 Å². The average Bonchev–Trinajstić information content (AvgIpc) is 2.24. The third-order valence-corrected chi connectivity index (χ3v) is 2.65. The van der Waals surface area contributed by atoms with E-state index in [0.717, 1.165) is 18.4 Å². The molecule has 84 valence electrons. The normalized spacial score (nSPS) is 12.7. The summed E-state index contributed by atoms with van der Waals surface area (Å²) in [6, 6.07) is 7.09. The van der Waals surface area contributed by atoms with E-state index in [4.69, 9.17) is 11.6 Å². The predicted octanol–water partition coefficient (Wildman–Crippen LogP) is 3.32. The van der Waals surface area contributed by atoms with Gasteiger partial charge in [0.05, 0.1) is 0 Å². The number of hydrogen-bond donors (Lipinski definition) is 1. The lowest BCUT2D eigenvalue weighted by Gasteiger charge is -2.15. The van der Waals surface area contributed by atoms with Crippen molar-refractivity contribution in [2.24, 2.45) is 0 Å². The molecule has 0 amide bonds. The van der Waals surface area contributed by atoms with Gasteiger partial charge < -0.3 is 5.32 Å². The zero-order valence-electron chi connectivity index (χ0n) is 8.97. The summed E-state index contributed by atoms with van der Waals surface area (Å²) in [5.74, 6) is 0.481. The monoisotopic (exact) mass is 229 g/mol. The summed E-state index contributed by atoms with van der Waals surface area (Å²) >= 11 is 5.68. The third-order valence-electron chi connectivity index (χ3n) is 2.43. The van der Waals surface area contributed by atoms with E-state index in [0.29, 0.717) is 18.5 Å². The highest BCUT2D eigenvalue weighted by atomic mass is 35.5. The van der Waals surface area contributed by atoms with Crippen LogP contribution in [0.15, 0.2) is 24.3 Å². The molecule has 0 spiro atoms. The number of alkyl halides is 1. The van der Waals surface area contributed by atoms with Gasteiger partial charge in [-0.2, -0.15) is 0 Å². The van der Waals surface area contributed by atoms with Crippen LogP contribution in [0.4, 0.5) is 4.39 Å². The molecule has 0 fully saturated rings. The van der Waals surface area contributed by atoms with Crippen LogP contribution in [0.5, 0.6) is 0 Å². The zero-order chi connectivity index (χ0) is 11.1. The molecule has 1 rings (SSSR count). The highest BCUT2D eigenvalue weighted by Crippen LogP contribution is 2.05. The van der Waals surface area contributed by atoms with E-state index in [9.17, 15) is 4.39 Å². The predicted molar refractivity (Wildman–Crippen MR) is 62.7 cm³/mol. The summed E-state index contributed by atoms with van der Waals surface area (Å²) in [6.07, 6.45) is 2.00. The maximum absolute atomic E-state index is 12.9. The van der Waals surface area contributed by atoms with Crippen LogP contribution in [0, 0.1) is 5.82 Å². The lowest BCUT2D eigenvalue weighted by Crippen LogP contribution is -2.28. The highest BCUT2D eigenvalue weighted by molar-refractivity contribution is 6.17. The molecular weight excluding hydrogens is 213 g/mol. The number of nitrogens with one attached hydrogen (secondary N) is 1. The molecule has 1 unspecified atom stereocenters. The third kappa shape index (κ3) is 4.63. The van der Waals surface area contributed by atoms with Crippen molar-refractivity contribution in [2.45, 2.75) is 32.4 Å². The molecule has 1 N–H and O–H groups in total. The Morgan fingerprint density at radius 3 is 2.87 bits per heavy atom. The smallest absolute Gasteiger partial charge is 0.123 e. The molecule has 0 aliphatic heterocycles. The van der Waals surface area contributed by atoms with Crippen molar-refractivity contribution >= 4 is 11.6 Å². The second-order valence-electron chi connectivity index (χ2n) is 3.59. The van der Waals surface area contributed by atoms with Gasteiger partial charge in [0, 0.05) is 18.5 Å². The first kappa shape index (κ1) is 12.5. The van der Waals surface area contributed by atoms with E-state index < -0.39 is 0 Å². The molecule has 0 saturated carbocycles. The quantitative estimate of drug-likeness (QED) is 0.738. The van der Waals surface area contributed by atoms with Crippen LogP contribution in [0.25, 0.3) is 0 Å². The molecule has 0 heterocycles. The zero-order valence-corrected chi connectivity index (χ0v) is 9.73. The van der Waals surface area contributed by atoms with Gasteiger partial charge in [-0.15, -0.1) is 11.6 Å². The average molecular weight is 230 g/mol. The Kier molecular flexibility index (Phi) is 5.66. The van der Waals surface area contributed by atoms with Crippen LogP contribution in [-0.2, 0) is 6.54 Å². The molecule has 15 heavy (non-hydrogen) atoms. The standard InChI is InChI=1S/C12H17ClFN/c1-2-12(6-7-13)15-9-10-4-3-5-11(14)8-10/h3-5,8,12,15H,2,6-7,9H2,1H3. The fraction of sp³-hybridized carbons (Fsp3) is 0.500. The van der Waals surface area contributed by atoms with Gasteiger partial charge in [0.15, 0.2) is 0 Å². The van der Waals surface area contributed by atoms with Gasteiger partial charge in [-0.05, 0) is 30.5 Å². The Labute approximate surface area is 95.6 Å². The molecule has 1 aromatic carbocycles. The topological polar surface area (TPSA) is 12.0 Å². The summed E-state index contributed by atoms with van der Waals surface area (Å²) in [5.41, 5.74) is 0.975. The lowest BCUT2D eigenvalue weighted by molar-refractivity contribution is 0.485. The van der Waals surface area contributed by atoms with E-state index in [1.807, 2.05) is 6.07 Å². The van der Waals surface area contributed by atoms with Crippen molar-refractivity contribution in [1.82, 2.24) is 5.32 Å². The second kappa shape index (κ2) is 6.81. The van der Waals surface area contributed by atoms with E-state index in [-0.39, 0.29) is 5.82 Å². The fourth-order valence-corrected chi connectivity index (χ4v) is 1.75. The lowest BCUT2D eigenvalue weighted by atomic mass is 10.1. The maximum Gasteiger partial charge on any atom is 0.123 e. The van der Waals surface area contributed by atoms with Gasteiger partial charge in [0.1, 0.15) is 5.82 Å². The van der Waals surface area contributed by atoms with Gasteiger partial charge in [0.2, 0.25) is 0 Å². The van der Waals surface area contributed by atoms with Gasteiger partial charge in [0.25, 0.3) is 0 Å². The molecular formula is C12H17ClFN. The summed E-state index contributed by atoms with van der Waals surface area (Å²) < 4.78 is 12.9. The van der Waals surface area contributed by atoms with Crippen LogP contribution in [0.1, 0.15) is 25.3 Å². The Balaban J connectivity index is 2.41. The van der Waals surface area contributed by atoms with Crippen molar-refractivity contribution in [3.8, 4) is 0 Å². The van der Waals surface area contributed by atoms with Crippen LogP contribution < -0.4 is 5.32 Å². The summed E-state index contributed by atoms with van der Waals surface area (Å²) in [7, 11) is 0. The van der Waals surface area contributed by atoms with Crippen molar-refractivity contribution in [1.29, 1.82) is 0 Å². The Hall–Kier alpha value is -0.600. The molecule has 0 aliphatic rings. The molecule has 1 nitrogen and oxygen atoms in total. The Morgan fingerprint density at radius 1 is 1.47 bits per heavy atom. The molecule has 1 atom stereocenters. The molecule has 1 aromatic rings. The first-order valence-electron chi connectivity index (χ1n) is 5.30. The van der Waals surface area contributed by atoms with Crippen molar-refractivity contribution < 1.29 is 4.39 Å². The van der Waals surface area contributed by atoms with E-state index in [1.54, 1.807) is 12.1 Å². The first-order valence-corrected chi connectivity index (χ1v) is 5.83. The summed E-state index contributed by atoms with van der Waals surface area (Å²) in [4.78, 5) is 0. The molecule has 3 heteroatoms. The maximum atomic E-state index is 12.9. The number of rotatable bonds is 6.